The lowest BCUT2D eigenvalue weighted by Gasteiger charge is -2.33. The number of nitrogens with one attached hydrogen (secondary N) is 1. The minimum atomic E-state index is -0.0374. The Labute approximate surface area is 134 Å². The summed E-state index contributed by atoms with van der Waals surface area (Å²) in [5.74, 6) is 0.571. The van der Waals surface area contributed by atoms with E-state index in [0.29, 0.717) is 12.0 Å². The van der Waals surface area contributed by atoms with E-state index < -0.39 is 0 Å². The molecule has 1 N–H and O–H groups in total. The predicted molar refractivity (Wildman–Crippen MR) is 93.1 cm³/mol. The van der Waals surface area contributed by atoms with Gasteiger partial charge in [0.05, 0.1) is 17.8 Å². The van der Waals surface area contributed by atoms with E-state index in [1.165, 1.54) is 16.8 Å². The smallest absolute Gasteiger partial charge is 0.0765 e. The molecule has 0 aromatic heterocycles. The van der Waals surface area contributed by atoms with E-state index in [1.54, 1.807) is 0 Å². The second-order valence-corrected chi connectivity index (χ2v) is 7.16. The zero-order chi connectivity index (χ0) is 15.7. The van der Waals surface area contributed by atoms with Crippen LogP contribution in [0.3, 0.4) is 0 Å². The highest BCUT2D eigenvalue weighted by Gasteiger charge is 2.42. The minimum Gasteiger partial charge on any atom is -0.362 e. The number of aliphatic imine (C=N–C) groups is 1. The normalized spacial score (nSPS) is 23.9. The summed E-state index contributed by atoms with van der Waals surface area (Å²) in [4.78, 5) is 7.35. The van der Waals surface area contributed by atoms with Gasteiger partial charge in [-0.25, -0.2) is 0 Å². The third kappa shape index (κ3) is 2.70. The minimum absolute atomic E-state index is 0.0374. The highest BCUT2D eigenvalue weighted by Crippen LogP contribution is 2.34. The van der Waals surface area contributed by atoms with Crippen LogP contribution in [0, 0.1) is 5.92 Å². The van der Waals surface area contributed by atoms with Crippen LogP contribution in [0.4, 0.5) is 0 Å². The number of hydrogen-bond donors (Lipinski definition) is 1. The number of rotatable bonds is 3. The zero-order valence-electron chi connectivity index (χ0n) is 14.1. The summed E-state index contributed by atoms with van der Waals surface area (Å²) in [5, 5.41) is 3.67. The van der Waals surface area contributed by atoms with Crippen LogP contribution in [-0.2, 0) is 6.54 Å². The van der Waals surface area contributed by atoms with E-state index >= 15 is 0 Å². The van der Waals surface area contributed by atoms with Gasteiger partial charge in [0.25, 0.3) is 0 Å². The van der Waals surface area contributed by atoms with Gasteiger partial charge in [0.1, 0.15) is 0 Å². The lowest BCUT2D eigenvalue weighted by Crippen LogP contribution is -2.44. The molecule has 1 unspecified atom stereocenters. The van der Waals surface area contributed by atoms with Crippen LogP contribution >= 0.6 is 0 Å². The van der Waals surface area contributed by atoms with E-state index in [0.717, 1.165) is 19.6 Å². The first kappa shape index (κ1) is 15.3. The summed E-state index contributed by atoms with van der Waals surface area (Å²) in [7, 11) is 0. The molecule has 0 saturated heterocycles. The maximum atomic E-state index is 4.91. The Morgan fingerprint density at radius 1 is 1.27 bits per heavy atom. The van der Waals surface area contributed by atoms with Gasteiger partial charge in [-0.2, -0.15) is 0 Å². The second-order valence-electron chi connectivity index (χ2n) is 7.16. The monoisotopic (exact) mass is 297 g/mol. The SMILES string of the molecule is CC(C)C1NCCN=C2C1=CN(Cc1ccccc1)C2(C)C. The van der Waals surface area contributed by atoms with Gasteiger partial charge in [-0.05, 0) is 25.3 Å². The van der Waals surface area contributed by atoms with Crippen LogP contribution < -0.4 is 5.32 Å². The Balaban J connectivity index is 1.93. The van der Waals surface area contributed by atoms with Crippen molar-refractivity contribution in [1.82, 2.24) is 10.2 Å². The van der Waals surface area contributed by atoms with Gasteiger partial charge in [0, 0.05) is 30.9 Å². The topological polar surface area (TPSA) is 27.6 Å². The van der Waals surface area contributed by atoms with Crippen LogP contribution in [0.25, 0.3) is 0 Å². The van der Waals surface area contributed by atoms with Gasteiger partial charge in [0.2, 0.25) is 0 Å². The molecule has 0 amide bonds. The lowest BCUT2D eigenvalue weighted by molar-refractivity contribution is 0.259. The first-order chi connectivity index (χ1) is 10.5. The molecule has 1 atom stereocenters. The third-order valence-electron chi connectivity index (χ3n) is 4.81. The molecule has 0 saturated carbocycles. The molecule has 3 heteroatoms. The van der Waals surface area contributed by atoms with Gasteiger partial charge in [-0.15, -0.1) is 0 Å². The van der Waals surface area contributed by atoms with Gasteiger partial charge < -0.3 is 10.2 Å². The third-order valence-corrected chi connectivity index (χ3v) is 4.81. The molecule has 1 aromatic rings. The van der Waals surface area contributed by atoms with Gasteiger partial charge >= 0.3 is 0 Å². The van der Waals surface area contributed by atoms with E-state index in [-0.39, 0.29) is 5.54 Å². The van der Waals surface area contributed by atoms with E-state index in [1.807, 2.05) is 0 Å². The molecule has 22 heavy (non-hydrogen) atoms. The van der Waals surface area contributed by atoms with Crippen LogP contribution in [-0.4, -0.2) is 35.3 Å². The number of nitrogens with zero attached hydrogens (tertiary/aromatic N) is 2. The fourth-order valence-corrected chi connectivity index (χ4v) is 3.51. The molecule has 3 nitrogen and oxygen atoms in total. The largest absolute Gasteiger partial charge is 0.362 e. The quantitative estimate of drug-likeness (QED) is 0.927. The number of benzene rings is 1. The molecular formula is C19H27N3. The average molecular weight is 297 g/mol. The van der Waals surface area contributed by atoms with E-state index in [9.17, 15) is 0 Å². The van der Waals surface area contributed by atoms with Crippen molar-refractivity contribution < 1.29 is 0 Å². The predicted octanol–water partition coefficient (Wildman–Crippen LogP) is 3.23. The summed E-state index contributed by atoms with van der Waals surface area (Å²) in [6.07, 6.45) is 2.34. The Morgan fingerprint density at radius 3 is 2.68 bits per heavy atom. The molecule has 0 spiro atoms. The van der Waals surface area contributed by atoms with Crippen molar-refractivity contribution in [3.05, 3.63) is 47.7 Å². The van der Waals surface area contributed by atoms with Crippen molar-refractivity contribution in [3.8, 4) is 0 Å². The molecule has 2 heterocycles. The first-order valence-electron chi connectivity index (χ1n) is 8.31. The molecule has 118 valence electrons. The Hall–Kier alpha value is -1.61. The first-order valence-corrected chi connectivity index (χ1v) is 8.31. The summed E-state index contributed by atoms with van der Waals surface area (Å²) in [6, 6.07) is 11.1. The molecule has 0 bridgehead atoms. The van der Waals surface area contributed by atoms with Crippen LogP contribution in [0.5, 0.6) is 0 Å². The second kappa shape index (κ2) is 5.88. The fourth-order valence-electron chi connectivity index (χ4n) is 3.51. The molecule has 1 aromatic carbocycles. The lowest BCUT2D eigenvalue weighted by atomic mass is 9.87. The van der Waals surface area contributed by atoms with Crippen LogP contribution in [0.2, 0.25) is 0 Å². The van der Waals surface area contributed by atoms with Crippen molar-refractivity contribution in [2.75, 3.05) is 13.1 Å². The van der Waals surface area contributed by atoms with Gasteiger partial charge in [0.15, 0.2) is 0 Å². The van der Waals surface area contributed by atoms with Gasteiger partial charge in [-0.3, -0.25) is 4.99 Å². The Kier molecular flexibility index (Phi) is 4.09. The molecular weight excluding hydrogens is 270 g/mol. The van der Waals surface area contributed by atoms with Crippen molar-refractivity contribution in [1.29, 1.82) is 0 Å². The van der Waals surface area contributed by atoms with Crippen molar-refractivity contribution >= 4 is 5.71 Å². The highest BCUT2D eigenvalue weighted by molar-refractivity contribution is 6.09. The average Bonchev–Trinajstić information content (AvgIpc) is 2.66. The molecule has 3 rings (SSSR count). The van der Waals surface area contributed by atoms with E-state index in [2.05, 4.69) is 74.4 Å². The maximum absolute atomic E-state index is 4.91. The molecule has 2 aliphatic rings. The molecule has 2 aliphatic heterocycles. The standard InChI is InChI=1S/C19H27N3/c1-14(2)17-16-13-22(12-15-8-6-5-7-9-15)19(3,4)18(16)21-11-10-20-17/h5-9,13-14,17,20H,10-12H2,1-4H3. The number of fused-ring (bicyclic) bond motifs is 1. The number of hydrogen-bond acceptors (Lipinski definition) is 3. The van der Waals surface area contributed by atoms with E-state index in [4.69, 9.17) is 4.99 Å². The van der Waals surface area contributed by atoms with Crippen molar-refractivity contribution in [2.24, 2.45) is 10.9 Å². The summed E-state index contributed by atoms with van der Waals surface area (Å²) < 4.78 is 0. The fraction of sp³-hybridized carbons (Fsp3) is 0.526. The van der Waals surface area contributed by atoms with Crippen LogP contribution in [0.1, 0.15) is 33.3 Å². The van der Waals surface area contributed by atoms with Gasteiger partial charge in [-0.1, -0.05) is 44.2 Å². The summed E-state index contributed by atoms with van der Waals surface area (Å²) in [6.45, 7) is 11.9. The molecule has 0 aliphatic carbocycles. The Bertz CT molecular complexity index is 584. The summed E-state index contributed by atoms with van der Waals surface area (Å²) >= 11 is 0. The zero-order valence-corrected chi connectivity index (χ0v) is 14.1. The van der Waals surface area contributed by atoms with Crippen molar-refractivity contribution in [3.63, 3.8) is 0 Å². The Morgan fingerprint density at radius 2 is 2.00 bits per heavy atom. The summed E-state index contributed by atoms with van der Waals surface area (Å²) in [5.41, 5.74) is 3.96. The molecule has 0 radical (unpaired) electrons. The highest BCUT2D eigenvalue weighted by atomic mass is 15.2. The molecule has 0 fully saturated rings. The van der Waals surface area contributed by atoms with Crippen molar-refractivity contribution in [2.45, 2.75) is 45.8 Å². The van der Waals surface area contributed by atoms with Crippen LogP contribution in [0.15, 0.2) is 47.1 Å². The maximum Gasteiger partial charge on any atom is 0.0765 e.